The summed E-state index contributed by atoms with van der Waals surface area (Å²) < 4.78 is 0. The number of carbonyl (C=O) groups is 1. The van der Waals surface area contributed by atoms with Crippen molar-refractivity contribution < 1.29 is 9.90 Å². The van der Waals surface area contributed by atoms with Crippen LogP contribution < -0.4 is 0 Å². The monoisotopic (exact) mass is 192 g/mol. The van der Waals surface area contributed by atoms with Gasteiger partial charge in [0.05, 0.1) is 0 Å². The number of rotatable bonds is 3. The van der Waals surface area contributed by atoms with Crippen LogP contribution in [0.1, 0.15) is 35.6 Å². The fourth-order valence-electron chi connectivity index (χ4n) is 1.57. The molecule has 1 N–H and O–H groups in total. The van der Waals surface area contributed by atoms with Crippen molar-refractivity contribution in [3.63, 3.8) is 0 Å². The van der Waals surface area contributed by atoms with Crippen LogP contribution in [0.4, 0.5) is 0 Å². The largest absolute Gasteiger partial charge is 0.477 e. The summed E-state index contributed by atoms with van der Waals surface area (Å²) in [6.45, 7) is 0. The molecule has 0 amide bonds. The minimum absolute atomic E-state index is 0.0920. The van der Waals surface area contributed by atoms with E-state index in [1.54, 1.807) is 0 Å². The summed E-state index contributed by atoms with van der Waals surface area (Å²) in [6, 6.07) is 1.42. The first-order valence-electron chi connectivity index (χ1n) is 4.81. The average Bonchev–Trinajstić information content (AvgIpc) is 2.12. The minimum atomic E-state index is -0.984. The summed E-state index contributed by atoms with van der Waals surface area (Å²) in [4.78, 5) is 18.7. The molecule has 2 rings (SSSR count). The van der Waals surface area contributed by atoms with Crippen LogP contribution in [-0.2, 0) is 6.42 Å². The first-order chi connectivity index (χ1) is 6.75. The molecule has 1 fully saturated rings. The molecule has 0 aliphatic heterocycles. The van der Waals surface area contributed by atoms with Crippen LogP contribution in [0.3, 0.4) is 0 Å². The Balaban J connectivity index is 2.09. The molecule has 14 heavy (non-hydrogen) atoms. The summed E-state index contributed by atoms with van der Waals surface area (Å²) in [5, 5.41) is 8.72. The van der Waals surface area contributed by atoms with E-state index in [1.807, 2.05) is 0 Å². The van der Waals surface area contributed by atoms with Crippen molar-refractivity contribution in [2.75, 3.05) is 0 Å². The van der Waals surface area contributed by atoms with E-state index >= 15 is 0 Å². The van der Waals surface area contributed by atoms with E-state index in [2.05, 4.69) is 9.97 Å². The predicted octanol–water partition coefficient (Wildman–Crippen LogP) is 1.52. The van der Waals surface area contributed by atoms with Crippen molar-refractivity contribution in [1.29, 1.82) is 0 Å². The molecule has 1 aliphatic carbocycles. The maximum Gasteiger partial charge on any atom is 0.354 e. The summed E-state index contributed by atoms with van der Waals surface area (Å²) in [5.41, 5.74) is 0.0920. The number of hydrogen-bond donors (Lipinski definition) is 1. The van der Waals surface area contributed by atoms with E-state index in [1.165, 1.54) is 31.5 Å². The Kier molecular flexibility index (Phi) is 2.43. The van der Waals surface area contributed by atoms with Gasteiger partial charge in [0.1, 0.15) is 5.82 Å². The lowest BCUT2D eigenvalue weighted by molar-refractivity contribution is 0.0689. The summed E-state index contributed by atoms with van der Waals surface area (Å²) in [5.74, 6) is 0.343. The Bertz CT molecular complexity index is 348. The van der Waals surface area contributed by atoms with Crippen molar-refractivity contribution in [3.8, 4) is 0 Å². The third-order valence-corrected chi connectivity index (χ3v) is 2.62. The molecule has 0 atom stereocenters. The van der Waals surface area contributed by atoms with Crippen LogP contribution >= 0.6 is 0 Å². The fourth-order valence-corrected chi connectivity index (χ4v) is 1.57. The molecule has 0 saturated heterocycles. The van der Waals surface area contributed by atoms with Gasteiger partial charge in [0.25, 0.3) is 0 Å². The quantitative estimate of drug-likeness (QED) is 0.788. The Morgan fingerprint density at radius 2 is 2.36 bits per heavy atom. The summed E-state index contributed by atoms with van der Waals surface area (Å²) >= 11 is 0. The first kappa shape index (κ1) is 9.12. The van der Waals surface area contributed by atoms with Crippen molar-refractivity contribution in [1.82, 2.24) is 9.97 Å². The van der Waals surface area contributed by atoms with Gasteiger partial charge in [-0.2, -0.15) is 0 Å². The molecule has 74 valence electrons. The van der Waals surface area contributed by atoms with Crippen LogP contribution in [0.15, 0.2) is 12.3 Å². The van der Waals surface area contributed by atoms with Crippen molar-refractivity contribution >= 4 is 5.97 Å². The molecule has 1 aromatic rings. The molecular weight excluding hydrogens is 180 g/mol. The van der Waals surface area contributed by atoms with Crippen LogP contribution in [-0.4, -0.2) is 21.0 Å². The molecule has 0 bridgehead atoms. The number of aromatic nitrogens is 2. The standard InChI is InChI=1S/C10H12N2O2/c13-10(14)8-4-5-11-9(12-8)6-7-2-1-3-7/h4-5,7H,1-3,6H2,(H,13,14). The molecule has 0 radical (unpaired) electrons. The highest BCUT2D eigenvalue weighted by Gasteiger charge is 2.19. The zero-order valence-electron chi connectivity index (χ0n) is 7.81. The van der Waals surface area contributed by atoms with Gasteiger partial charge in [-0.05, 0) is 12.0 Å². The Morgan fingerprint density at radius 3 is 2.93 bits per heavy atom. The highest BCUT2D eigenvalue weighted by atomic mass is 16.4. The van der Waals surface area contributed by atoms with Gasteiger partial charge < -0.3 is 5.11 Å². The number of carboxylic acids is 1. The SMILES string of the molecule is O=C(O)c1ccnc(CC2CCC2)n1. The van der Waals surface area contributed by atoms with Crippen molar-refractivity contribution in [3.05, 3.63) is 23.8 Å². The van der Waals surface area contributed by atoms with Gasteiger partial charge in [0.15, 0.2) is 5.69 Å². The van der Waals surface area contributed by atoms with Gasteiger partial charge in [0.2, 0.25) is 0 Å². The highest BCUT2D eigenvalue weighted by Crippen LogP contribution is 2.28. The molecular formula is C10H12N2O2. The lowest BCUT2D eigenvalue weighted by Crippen LogP contribution is -2.16. The second kappa shape index (κ2) is 3.74. The molecule has 0 aromatic carbocycles. The van der Waals surface area contributed by atoms with Gasteiger partial charge in [-0.1, -0.05) is 19.3 Å². The summed E-state index contributed by atoms with van der Waals surface area (Å²) in [6.07, 6.45) is 6.07. The molecule has 4 nitrogen and oxygen atoms in total. The van der Waals surface area contributed by atoms with Crippen LogP contribution in [0, 0.1) is 5.92 Å². The number of carboxylic acid groups (broad SMARTS) is 1. The Hall–Kier alpha value is -1.45. The highest BCUT2D eigenvalue weighted by molar-refractivity contribution is 5.85. The Morgan fingerprint density at radius 1 is 1.57 bits per heavy atom. The molecule has 4 heteroatoms. The zero-order chi connectivity index (χ0) is 9.97. The van der Waals surface area contributed by atoms with E-state index in [4.69, 9.17) is 5.11 Å². The molecule has 1 aromatic heterocycles. The topological polar surface area (TPSA) is 63.1 Å². The first-order valence-corrected chi connectivity index (χ1v) is 4.81. The second-order valence-corrected chi connectivity index (χ2v) is 3.66. The van der Waals surface area contributed by atoms with E-state index in [-0.39, 0.29) is 5.69 Å². The average molecular weight is 192 g/mol. The molecule has 1 heterocycles. The van der Waals surface area contributed by atoms with Crippen molar-refractivity contribution in [2.45, 2.75) is 25.7 Å². The lowest BCUT2D eigenvalue weighted by Gasteiger charge is -2.24. The normalized spacial score (nSPS) is 16.3. The number of aromatic carboxylic acids is 1. The zero-order valence-corrected chi connectivity index (χ0v) is 7.81. The van der Waals surface area contributed by atoms with E-state index in [0.29, 0.717) is 11.7 Å². The summed E-state index contributed by atoms with van der Waals surface area (Å²) in [7, 11) is 0. The smallest absolute Gasteiger partial charge is 0.354 e. The van der Waals surface area contributed by atoms with Crippen LogP contribution in [0.25, 0.3) is 0 Å². The van der Waals surface area contributed by atoms with Crippen LogP contribution in [0.2, 0.25) is 0 Å². The number of nitrogens with zero attached hydrogens (tertiary/aromatic N) is 2. The number of hydrogen-bond acceptors (Lipinski definition) is 3. The predicted molar refractivity (Wildman–Crippen MR) is 50.0 cm³/mol. The fraction of sp³-hybridized carbons (Fsp3) is 0.500. The lowest BCUT2D eigenvalue weighted by atomic mass is 9.83. The van der Waals surface area contributed by atoms with E-state index in [9.17, 15) is 4.79 Å². The maximum atomic E-state index is 10.6. The van der Waals surface area contributed by atoms with Gasteiger partial charge >= 0.3 is 5.97 Å². The minimum Gasteiger partial charge on any atom is -0.477 e. The van der Waals surface area contributed by atoms with Gasteiger partial charge in [-0.3, -0.25) is 0 Å². The molecule has 1 aliphatic rings. The van der Waals surface area contributed by atoms with E-state index < -0.39 is 5.97 Å². The van der Waals surface area contributed by atoms with Crippen LogP contribution in [0.5, 0.6) is 0 Å². The van der Waals surface area contributed by atoms with Gasteiger partial charge in [-0.15, -0.1) is 0 Å². The third-order valence-electron chi connectivity index (χ3n) is 2.62. The second-order valence-electron chi connectivity index (χ2n) is 3.66. The molecule has 0 unspecified atom stereocenters. The van der Waals surface area contributed by atoms with Gasteiger partial charge in [-0.25, -0.2) is 14.8 Å². The third kappa shape index (κ3) is 1.89. The molecule has 0 spiro atoms. The maximum absolute atomic E-state index is 10.6. The van der Waals surface area contributed by atoms with E-state index in [0.717, 1.165) is 6.42 Å². The van der Waals surface area contributed by atoms with Crippen molar-refractivity contribution in [2.24, 2.45) is 5.92 Å². The molecule has 1 saturated carbocycles. The Labute approximate surface area is 82.0 Å². The van der Waals surface area contributed by atoms with Gasteiger partial charge in [0, 0.05) is 12.6 Å².